The number of rotatable bonds is 5. The van der Waals surface area contributed by atoms with Gasteiger partial charge in [0.25, 0.3) is 0 Å². The zero-order valence-electron chi connectivity index (χ0n) is 12.7. The third-order valence-electron chi connectivity index (χ3n) is 3.16. The molecule has 3 aromatic carbocycles. The van der Waals surface area contributed by atoms with Crippen molar-refractivity contribution in [3.8, 4) is 5.75 Å². The van der Waals surface area contributed by atoms with Crippen molar-refractivity contribution < 1.29 is 49.3 Å². The van der Waals surface area contributed by atoms with E-state index < -0.39 is 0 Å². The first-order valence-corrected chi connectivity index (χ1v) is 7.38. The Hall–Kier alpha value is -1.45. The fourth-order valence-corrected chi connectivity index (χ4v) is 2.52. The first kappa shape index (κ1) is 18.9. The van der Waals surface area contributed by atoms with Crippen LogP contribution in [0.15, 0.2) is 75.8 Å². The van der Waals surface area contributed by atoms with Crippen LogP contribution in [-0.4, -0.2) is 5.11 Å². The maximum absolute atomic E-state index is 10.3. The van der Waals surface area contributed by atoms with Crippen molar-refractivity contribution in [1.29, 1.82) is 0 Å². The van der Waals surface area contributed by atoms with Crippen molar-refractivity contribution in [3.63, 3.8) is 0 Å². The maximum atomic E-state index is 10.3. The van der Waals surface area contributed by atoms with Crippen molar-refractivity contribution in [2.75, 3.05) is 0 Å². The van der Waals surface area contributed by atoms with Crippen LogP contribution in [0.2, 0.25) is 0 Å². The molecule has 0 heterocycles. The number of azo groups is 1. The van der Waals surface area contributed by atoms with Crippen LogP contribution in [0.25, 0.3) is 10.8 Å². The fraction of sp³-hybridized carbons (Fsp3) is 0. The quantitative estimate of drug-likeness (QED) is 0.246. The van der Waals surface area contributed by atoms with E-state index in [2.05, 4.69) is 19.6 Å². The average molecular weight is 350 g/mol. The molecule has 0 saturated heterocycles. The van der Waals surface area contributed by atoms with Gasteiger partial charge in [-0.1, -0.05) is 42.5 Å². The number of phenols is 1. The van der Waals surface area contributed by atoms with Gasteiger partial charge in [0.15, 0.2) is 5.75 Å². The molecule has 0 bridgehead atoms. The molecule has 0 amide bonds. The van der Waals surface area contributed by atoms with Gasteiger partial charge in [0.05, 0.1) is 16.9 Å². The molecule has 0 unspecified atom stereocenters. The summed E-state index contributed by atoms with van der Waals surface area (Å²) >= 11 is 0.738. The molecule has 0 aliphatic carbocycles. The molecule has 3 rings (SSSR count). The van der Waals surface area contributed by atoms with Gasteiger partial charge < -0.3 is 10.4 Å². The first-order valence-electron chi connectivity index (χ1n) is 6.64. The zero-order valence-corrected chi connectivity index (χ0v) is 15.6. The predicted molar refractivity (Wildman–Crippen MR) is 84.3 cm³/mol. The van der Waals surface area contributed by atoms with E-state index in [1.165, 1.54) is 0 Å². The third-order valence-corrected chi connectivity index (χ3v) is 3.81. The Morgan fingerprint density at radius 1 is 0.875 bits per heavy atom. The summed E-state index contributed by atoms with van der Waals surface area (Å²) in [6.07, 6.45) is 0. The van der Waals surface area contributed by atoms with E-state index in [0.29, 0.717) is 21.7 Å². The Labute approximate surface area is 164 Å². The van der Waals surface area contributed by atoms with Gasteiger partial charge in [0, 0.05) is 5.39 Å². The molecule has 0 radical (unpaired) electrons. The molecule has 0 aliphatic rings. The van der Waals surface area contributed by atoms with Crippen LogP contribution in [-0.2, 0) is 9.37 Å². The van der Waals surface area contributed by atoms with Gasteiger partial charge in [0.1, 0.15) is 11.4 Å². The summed E-state index contributed by atoms with van der Waals surface area (Å²) in [5.74, 6) is 0.0659. The van der Waals surface area contributed by atoms with Gasteiger partial charge >= 0.3 is 29.6 Å². The zero-order chi connectivity index (χ0) is 16.1. The number of fused-ring (bicyclic) bond motifs is 1. The van der Waals surface area contributed by atoms with E-state index in [4.69, 9.17) is 0 Å². The van der Waals surface area contributed by atoms with E-state index in [9.17, 15) is 10.4 Å². The van der Waals surface area contributed by atoms with Crippen molar-refractivity contribution in [1.82, 2.24) is 0 Å². The van der Waals surface area contributed by atoms with Crippen LogP contribution >= 0.6 is 12.0 Å². The van der Waals surface area contributed by atoms with Crippen LogP contribution in [0.1, 0.15) is 0 Å². The number of hydrogen-bond donors (Lipinski definition) is 1. The van der Waals surface area contributed by atoms with Crippen LogP contribution in [0.4, 0.5) is 11.4 Å². The van der Waals surface area contributed by atoms with Gasteiger partial charge in [-0.3, -0.25) is 5.04 Å². The Balaban J connectivity index is 0.00000208. The van der Waals surface area contributed by atoms with Crippen LogP contribution < -0.4 is 34.8 Å². The molecule has 3 aromatic rings. The van der Waals surface area contributed by atoms with Crippen LogP contribution in [0.3, 0.4) is 0 Å². The molecular weight excluding hydrogens is 339 g/mol. The summed E-state index contributed by atoms with van der Waals surface area (Å²) in [5.41, 5.74) is 0.839. The Bertz CT molecular complexity index is 860. The molecule has 0 atom stereocenters. The van der Waals surface area contributed by atoms with E-state index >= 15 is 0 Å². The van der Waals surface area contributed by atoms with Crippen molar-refractivity contribution in [3.05, 3.63) is 60.7 Å². The molecule has 0 aromatic heterocycles. The molecule has 0 spiro atoms. The standard InChI is InChI=1S/C16H12N2O4S.Na/c19-16-12-6-2-1-5-11(12)9-10-14(16)18-17-13-7-3-4-8-15(13)23-22-21-20;/h1-10,19-20H;/q;+1/p-1. The Morgan fingerprint density at radius 2 is 1.58 bits per heavy atom. The number of aromatic hydroxyl groups is 1. The molecule has 0 saturated carbocycles. The molecule has 8 heteroatoms. The topological polar surface area (TPSA) is 86.5 Å². The molecule has 1 N–H and O–H groups in total. The predicted octanol–water partition coefficient (Wildman–Crippen LogP) is 1.20. The van der Waals surface area contributed by atoms with E-state index in [0.717, 1.165) is 17.4 Å². The molecule has 0 aliphatic heterocycles. The van der Waals surface area contributed by atoms with Gasteiger partial charge in [-0.25, -0.2) is 0 Å². The molecule has 6 nitrogen and oxygen atoms in total. The second kappa shape index (κ2) is 9.14. The summed E-state index contributed by atoms with van der Waals surface area (Å²) in [5, 5.41) is 33.4. The minimum Gasteiger partial charge on any atom is -0.691 e. The van der Waals surface area contributed by atoms with Crippen LogP contribution in [0, 0.1) is 0 Å². The van der Waals surface area contributed by atoms with E-state index in [1.54, 1.807) is 30.3 Å². The second-order valence-corrected chi connectivity index (χ2v) is 5.28. The van der Waals surface area contributed by atoms with Crippen LogP contribution in [0.5, 0.6) is 5.75 Å². The van der Waals surface area contributed by atoms with Gasteiger partial charge in [-0.05, 0) is 23.6 Å². The van der Waals surface area contributed by atoms with Crippen molar-refractivity contribution in [2.24, 2.45) is 10.2 Å². The smallest absolute Gasteiger partial charge is 0.691 e. The summed E-state index contributed by atoms with van der Waals surface area (Å²) in [6.45, 7) is 0. The van der Waals surface area contributed by atoms with Gasteiger partial charge in [-0.15, -0.1) is 10.2 Å². The summed E-state index contributed by atoms with van der Waals surface area (Å²) in [6, 6.07) is 18.0. The van der Waals surface area contributed by atoms with Crippen molar-refractivity contribution >= 4 is 34.2 Å². The SMILES string of the molecule is [Na+].[O-]OOSc1ccccc1N=Nc1ccc2ccccc2c1O. The van der Waals surface area contributed by atoms with E-state index in [1.807, 2.05) is 30.3 Å². The summed E-state index contributed by atoms with van der Waals surface area (Å²) in [7, 11) is 0. The minimum atomic E-state index is 0. The first-order chi connectivity index (χ1) is 11.3. The number of phenolic OH excluding ortho intramolecular Hbond substituents is 1. The fourth-order valence-electron chi connectivity index (χ4n) is 2.09. The summed E-state index contributed by atoms with van der Waals surface area (Å²) < 4.78 is 4.30. The normalized spacial score (nSPS) is 10.9. The third kappa shape index (κ3) is 4.34. The van der Waals surface area contributed by atoms with E-state index in [-0.39, 0.29) is 35.3 Å². The minimum absolute atomic E-state index is 0. The van der Waals surface area contributed by atoms with Crippen molar-refractivity contribution in [2.45, 2.75) is 4.90 Å². The monoisotopic (exact) mass is 350 g/mol. The van der Waals surface area contributed by atoms with Gasteiger partial charge in [-0.2, -0.15) is 4.33 Å². The Kier molecular flexibility index (Phi) is 7.19. The number of nitrogens with zero attached hydrogens (tertiary/aromatic N) is 2. The summed E-state index contributed by atoms with van der Waals surface area (Å²) in [4.78, 5) is 0.562. The number of hydrogen-bond acceptors (Lipinski definition) is 7. The molecule has 0 fully saturated rings. The second-order valence-electron chi connectivity index (χ2n) is 4.54. The molecular formula is C16H11N2NaO4S. The maximum Gasteiger partial charge on any atom is 1.00 e. The molecule has 24 heavy (non-hydrogen) atoms. The largest absolute Gasteiger partial charge is 1.00 e. The average Bonchev–Trinajstić information content (AvgIpc) is 2.60. The number of benzene rings is 3. The van der Waals surface area contributed by atoms with Gasteiger partial charge in [0.2, 0.25) is 0 Å². The Morgan fingerprint density at radius 3 is 2.42 bits per heavy atom. The molecule has 116 valence electrons.